The van der Waals surface area contributed by atoms with Gasteiger partial charge in [-0.25, -0.2) is 0 Å². The van der Waals surface area contributed by atoms with E-state index in [9.17, 15) is 4.79 Å². The van der Waals surface area contributed by atoms with Gasteiger partial charge in [-0.2, -0.15) is 0 Å². The second-order valence-corrected chi connectivity index (χ2v) is 4.62. The fraction of sp³-hybridized carbons (Fsp3) is 0.533. The summed E-state index contributed by atoms with van der Waals surface area (Å²) in [5.41, 5.74) is 1.73. The molecular weight excluding hydrogens is 226 g/mol. The molecule has 0 spiro atoms. The lowest BCUT2D eigenvalue weighted by atomic mass is 10.1. The molecule has 0 atom stereocenters. The van der Waals surface area contributed by atoms with Crippen LogP contribution in [-0.2, 0) is 0 Å². The largest absolute Gasteiger partial charge is 0.491 e. The molecule has 0 bridgehead atoms. The number of aryl methyl sites for hydroxylation is 1. The Kier molecular flexibility index (Phi) is 5.20. The van der Waals surface area contributed by atoms with Crippen LogP contribution in [0.1, 0.15) is 43.6 Å². The van der Waals surface area contributed by atoms with Crippen LogP contribution >= 0.6 is 0 Å². The molecule has 100 valence electrons. The first-order chi connectivity index (χ1) is 8.49. The molecular formula is C15H23NO2. The second-order valence-electron chi connectivity index (χ2n) is 4.62. The van der Waals surface area contributed by atoms with E-state index in [-0.39, 0.29) is 12.0 Å². The minimum Gasteiger partial charge on any atom is -0.491 e. The molecule has 1 amide bonds. The first-order valence-electron chi connectivity index (χ1n) is 6.56. The van der Waals surface area contributed by atoms with E-state index in [0.717, 1.165) is 30.0 Å². The van der Waals surface area contributed by atoms with Crippen LogP contribution in [0.15, 0.2) is 18.2 Å². The fourth-order valence-corrected chi connectivity index (χ4v) is 1.86. The van der Waals surface area contributed by atoms with Gasteiger partial charge in [-0.05, 0) is 58.4 Å². The summed E-state index contributed by atoms with van der Waals surface area (Å²) in [6.45, 7) is 11.4. The molecule has 18 heavy (non-hydrogen) atoms. The van der Waals surface area contributed by atoms with Crippen LogP contribution in [0.25, 0.3) is 0 Å². The lowest BCUT2D eigenvalue weighted by Crippen LogP contribution is -2.30. The number of ether oxygens (including phenoxy) is 1. The Morgan fingerprint density at radius 3 is 2.33 bits per heavy atom. The average molecular weight is 249 g/mol. The van der Waals surface area contributed by atoms with Gasteiger partial charge in [-0.15, -0.1) is 0 Å². The molecule has 1 aromatic carbocycles. The lowest BCUT2D eigenvalue weighted by molar-refractivity contribution is 0.0773. The normalized spacial score (nSPS) is 10.6. The van der Waals surface area contributed by atoms with Crippen molar-refractivity contribution in [2.45, 2.75) is 40.7 Å². The van der Waals surface area contributed by atoms with Crippen molar-refractivity contribution in [2.24, 2.45) is 0 Å². The highest BCUT2D eigenvalue weighted by Gasteiger charge is 2.13. The van der Waals surface area contributed by atoms with Crippen molar-refractivity contribution in [1.82, 2.24) is 4.90 Å². The highest BCUT2D eigenvalue weighted by atomic mass is 16.5. The van der Waals surface area contributed by atoms with Crippen LogP contribution in [0.4, 0.5) is 0 Å². The van der Waals surface area contributed by atoms with Crippen LogP contribution < -0.4 is 4.74 Å². The first-order valence-corrected chi connectivity index (χ1v) is 6.56. The van der Waals surface area contributed by atoms with E-state index in [4.69, 9.17) is 4.74 Å². The molecule has 0 fully saturated rings. The lowest BCUT2D eigenvalue weighted by Gasteiger charge is -2.19. The number of nitrogens with zero attached hydrogens (tertiary/aromatic N) is 1. The zero-order chi connectivity index (χ0) is 13.7. The zero-order valence-corrected chi connectivity index (χ0v) is 12.0. The first kappa shape index (κ1) is 14.6. The molecule has 0 radical (unpaired) electrons. The third-order valence-electron chi connectivity index (χ3n) is 2.84. The van der Waals surface area contributed by atoms with E-state index in [1.54, 1.807) is 0 Å². The number of rotatable bonds is 5. The summed E-state index contributed by atoms with van der Waals surface area (Å²) in [5, 5.41) is 0. The van der Waals surface area contributed by atoms with Crippen molar-refractivity contribution in [3.63, 3.8) is 0 Å². The van der Waals surface area contributed by atoms with E-state index in [2.05, 4.69) is 0 Å². The number of amides is 1. The summed E-state index contributed by atoms with van der Waals surface area (Å²) in [6.07, 6.45) is 0.146. The Hall–Kier alpha value is -1.51. The van der Waals surface area contributed by atoms with E-state index in [1.165, 1.54) is 0 Å². The van der Waals surface area contributed by atoms with Gasteiger partial charge in [-0.3, -0.25) is 4.79 Å². The standard InChI is InChI=1S/C15H23NO2/c1-6-16(7-2)15(17)13-8-9-14(12(5)10-13)18-11(3)4/h8-11H,6-7H2,1-5H3. The molecule has 0 aliphatic heterocycles. The molecule has 3 nitrogen and oxygen atoms in total. The predicted octanol–water partition coefficient (Wildman–Crippen LogP) is 3.26. The summed E-state index contributed by atoms with van der Waals surface area (Å²) in [4.78, 5) is 14.0. The zero-order valence-electron chi connectivity index (χ0n) is 12.0. The molecule has 0 saturated carbocycles. The van der Waals surface area contributed by atoms with Crippen LogP contribution in [0, 0.1) is 6.92 Å². The monoisotopic (exact) mass is 249 g/mol. The highest BCUT2D eigenvalue weighted by molar-refractivity contribution is 5.94. The van der Waals surface area contributed by atoms with Crippen molar-refractivity contribution in [2.75, 3.05) is 13.1 Å². The topological polar surface area (TPSA) is 29.5 Å². The molecule has 0 aliphatic rings. The van der Waals surface area contributed by atoms with Crippen molar-refractivity contribution in [3.8, 4) is 5.75 Å². The smallest absolute Gasteiger partial charge is 0.253 e. The van der Waals surface area contributed by atoms with Crippen molar-refractivity contribution in [3.05, 3.63) is 29.3 Å². The Labute approximate surface area is 110 Å². The number of hydrogen-bond acceptors (Lipinski definition) is 2. The van der Waals surface area contributed by atoms with Crippen molar-refractivity contribution in [1.29, 1.82) is 0 Å². The maximum atomic E-state index is 12.2. The Balaban J connectivity index is 2.93. The van der Waals surface area contributed by atoms with Gasteiger partial charge in [-0.1, -0.05) is 0 Å². The second kappa shape index (κ2) is 6.43. The highest BCUT2D eigenvalue weighted by Crippen LogP contribution is 2.21. The fourth-order valence-electron chi connectivity index (χ4n) is 1.86. The van der Waals surface area contributed by atoms with Gasteiger partial charge >= 0.3 is 0 Å². The number of carbonyl (C=O) groups is 1. The third-order valence-corrected chi connectivity index (χ3v) is 2.84. The van der Waals surface area contributed by atoms with Crippen molar-refractivity contribution < 1.29 is 9.53 Å². The average Bonchev–Trinajstić information content (AvgIpc) is 2.32. The van der Waals surface area contributed by atoms with Crippen LogP contribution in [0.5, 0.6) is 5.75 Å². The van der Waals surface area contributed by atoms with Gasteiger partial charge in [0.2, 0.25) is 0 Å². The number of carbonyl (C=O) groups excluding carboxylic acids is 1. The van der Waals surface area contributed by atoms with E-state index in [0.29, 0.717) is 0 Å². The van der Waals surface area contributed by atoms with Gasteiger partial charge < -0.3 is 9.64 Å². The van der Waals surface area contributed by atoms with Gasteiger partial charge in [0, 0.05) is 18.7 Å². The molecule has 0 aromatic heterocycles. The molecule has 0 saturated heterocycles. The predicted molar refractivity (Wildman–Crippen MR) is 74.2 cm³/mol. The third kappa shape index (κ3) is 3.49. The molecule has 3 heteroatoms. The molecule has 0 heterocycles. The van der Waals surface area contributed by atoms with Gasteiger partial charge in [0.25, 0.3) is 5.91 Å². The van der Waals surface area contributed by atoms with Crippen LogP contribution in [0.3, 0.4) is 0 Å². The van der Waals surface area contributed by atoms with Crippen LogP contribution in [-0.4, -0.2) is 30.0 Å². The summed E-state index contributed by atoms with van der Waals surface area (Å²) in [6, 6.07) is 5.62. The SMILES string of the molecule is CCN(CC)C(=O)c1ccc(OC(C)C)c(C)c1. The van der Waals surface area contributed by atoms with E-state index >= 15 is 0 Å². The molecule has 1 rings (SSSR count). The summed E-state index contributed by atoms with van der Waals surface area (Å²) in [7, 11) is 0. The van der Waals surface area contributed by atoms with E-state index < -0.39 is 0 Å². The van der Waals surface area contributed by atoms with Gasteiger partial charge in [0.05, 0.1) is 6.10 Å². The quantitative estimate of drug-likeness (QED) is 0.801. The van der Waals surface area contributed by atoms with Gasteiger partial charge in [0.1, 0.15) is 5.75 Å². The van der Waals surface area contributed by atoms with Crippen molar-refractivity contribution >= 4 is 5.91 Å². The maximum Gasteiger partial charge on any atom is 0.253 e. The maximum absolute atomic E-state index is 12.2. The Morgan fingerprint density at radius 2 is 1.89 bits per heavy atom. The summed E-state index contributed by atoms with van der Waals surface area (Å²) >= 11 is 0. The molecule has 0 N–H and O–H groups in total. The number of hydrogen-bond donors (Lipinski definition) is 0. The molecule has 1 aromatic rings. The minimum absolute atomic E-state index is 0.0826. The summed E-state index contributed by atoms with van der Waals surface area (Å²) < 4.78 is 5.67. The van der Waals surface area contributed by atoms with Gasteiger partial charge in [0.15, 0.2) is 0 Å². The van der Waals surface area contributed by atoms with E-state index in [1.807, 2.05) is 57.7 Å². The molecule has 0 unspecified atom stereocenters. The van der Waals surface area contributed by atoms with Crippen LogP contribution in [0.2, 0.25) is 0 Å². The Bertz CT molecular complexity index is 409. The number of benzene rings is 1. The summed E-state index contributed by atoms with van der Waals surface area (Å²) in [5.74, 6) is 0.931. The molecule has 0 aliphatic carbocycles. The Morgan fingerprint density at radius 1 is 1.28 bits per heavy atom. The minimum atomic E-state index is 0.0826.